The number of rotatable bonds is 6. The van der Waals surface area contributed by atoms with E-state index in [2.05, 4.69) is 30.9 Å². The normalized spacial score (nSPS) is 12.6. The summed E-state index contributed by atoms with van der Waals surface area (Å²) in [7, 11) is 0. The van der Waals surface area contributed by atoms with Crippen LogP contribution in [0.25, 0.3) is 21.1 Å². The van der Waals surface area contributed by atoms with Gasteiger partial charge in [-0.3, -0.25) is 14.4 Å². The van der Waals surface area contributed by atoms with E-state index in [1.165, 1.54) is 12.5 Å². The first kappa shape index (κ1) is 22.7. The zero-order valence-electron chi connectivity index (χ0n) is 19.3. The molecular weight excluding hydrogens is 492 g/mol. The van der Waals surface area contributed by atoms with Crippen LogP contribution in [0.15, 0.2) is 60.4 Å². The van der Waals surface area contributed by atoms with E-state index in [9.17, 15) is 14.4 Å². The minimum absolute atomic E-state index is 0.0200. The average molecular weight is 513 g/mol. The third kappa shape index (κ3) is 4.36. The van der Waals surface area contributed by atoms with Gasteiger partial charge in [-0.25, -0.2) is 9.97 Å². The maximum Gasteiger partial charge on any atom is 0.272 e. The Bertz CT molecular complexity index is 1690. The van der Waals surface area contributed by atoms with E-state index in [1.807, 2.05) is 29.6 Å². The number of amides is 3. The highest BCUT2D eigenvalue weighted by atomic mass is 32.1. The Hall–Kier alpha value is -4.77. The second-order valence-electron chi connectivity index (χ2n) is 8.44. The predicted octanol–water partition coefficient (Wildman–Crippen LogP) is 3.36. The molecule has 10 nitrogen and oxygen atoms in total. The average Bonchev–Trinajstić information content (AvgIpc) is 3.54. The van der Waals surface area contributed by atoms with Gasteiger partial charge in [0, 0.05) is 24.0 Å². The molecule has 4 N–H and O–H groups in total. The summed E-state index contributed by atoms with van der Waals surface area (Å²) < 4.78 is 6.52. The highest BCUT2D eigenvalue weighted by Gasteiger charge is 2.20. The molecule has 0 bridgehead atoms. The zero-order valence-corrected chi connectivity index (χ0v) is 20.1. The second kappa shape index (κ2) is 9.36. The molecule has 37 heavy (non-hydrogen) atoms. The van der Waals surface area contributed by atoms with Crippen LogP contribution in [0, 0.1) is 0 Å². The zero-order chi connectivity index (χ0) is 25.4. The molecule has 1 aliphatic rings. The van der Waals surface area contributed by atoms with Gasteiger partial charge >= 0.3 is 0 Å². The van der Waals surface area contributed by atoms with Crippen LogP contribution < -0.4 is 20.7 Å². The van der Waals surface area contributed by atoms with Crippen molar-refractivity contribution in [2.24, 2.45) is 0 Å². The third-order valence-electron chi connectivity index (χ3n) is 6.05. The largest absolute Gasteiger partial charge is 0.482 e. The van der Waals surface area contributed by atoms with Crippen LogP contribution in [-0.4, -0.2) is 39.3 Å². The summed E-state index contributed by atoms with van der Waals surface area (Å²) >= 11 is 1.63. The Balaban J connectivity index is 1.16. The van der Waals surface area contributed by atoms with Crippen molar-refractivity contribution >= 4 is 55.9 Å². The molecule has 3 amide bonds. The summed E-state index contributed by atoms with van der Waals surface area (Å²) in [5, 5.41) is 11.7. The smallest absolute Gasteiger partial charge is 0.272 e. The molecule has 0 aliphatic carbocycles. The second-order valence-corrected chi connectivity index (χ2v) is 9.35. The number of aromatic nitrogens is 3. The Morgan fingerprint density at radius 3 is 2.84 bits per heavy atom. The Morgan fingerprint density at radius 1 is 1.05 bits per heavy atom. The molecule has 4 heterocycles. The van der Waals surface area contributed by atoms with E-state index in [4.69, 9.17) is 4.74 Å². The molecule has 0 saturated heterocycles. The minimum Gasteiger partial charge on any atom is -0.482 e. The van der Waals surface area contributed by atoms with Gasteiger partial charge < -0.3 is 25.7 Å². The highest BCUT2D eigenvalue weighted by Crippen LogP contribution is 2.29. The number of H-pyrrole nitrogens is 1. The van der Waals surface area contributed by atoms with Gasteiger partial charge in [0.15, 0.2) is 12.3 Å². The summed E-state index contributed by atoms with van der Waals surface area (Å²) in [6.07, 6.45) is 2.80. The SMILES string of the molecule is O=C1COc2ccc(CNC(=O)c3ncnc4c(C(=O)NCc5csc6ccccc56)c[nH]c34)cc2N1. The van der Waals surface area contributed by atoms with E-state index in [0.717, 1.165) is 21.2 Å². The molecule has 6 rings (SSSR count). The molecular formula is C26H20N6O4S. The van der Waals surface area contributed by atoms with Crippen LogP contribution in [0.5, 0.6) is 5.75 Å². The van der Waals surface area contributed by atoms with Crippen LogP contribution in [-0.2, 0) is 17.9 Å². The molecule has 0 unspecified atom stereocenters. The van der Waals surface area contributed by atoms with E-state index < -0.39 is 5.91 Å². The van der Waals surface area contributed by atoms with Crippen LogP contribution in [0.3, 0.4) is 0 Å². The van der Waals surface area contributed by atoms with E-state index in [1.54, 1.807) is 29.5 Å². The topological polar surface area (TPSA) is 138 Å². The van der Waals surface area contributed by atoms with Crippen molar-refractivity contribution in [2.45, 2.75) is 13.1 Å². The number of hydrogen-bond acceptors (Lipinski definition) is 7. The number of aromatic amines is 1. The first-order valence-electron chi connectivity index (χ1n) is 11.5. The van der Waals surface area contributed by atoms with Crippen molar-refractivity contribution in [3.63, 3.8) is 0 Å². The Labute approximate surface area is 214 Å². The number of nitrogens with one attached hydrogen (secondary N) is 4. The van der Waals surface area contributed by atoms with Gasteiger partial charge in [0.2, 0.25) is 0 Å². The summed E-state index contributed by atoms with van der Waals surface area (Å²) in [6, 6.07) is 13.3. The van der Waals surface area contributed by atoms with E-state index >= 15 is 0 Å². The van der Waals surface area contributed by atoms with Crippen molar-refractivity contribution in [1.82, 2.24) is 25.6 Å². The van der Waals surface area contributed by atoms with Crippen LogP contribution >= 0.6 is 11.3 Å². The van der Waals surface area contributed by atoms with Gasteiger partial charge in [-0.05, 0) is 40.1 Å². The van der Waals surface area contributed by atoms with Gasteiger partial charge in [-0.15, -0.1) is 11.3 Å². The van der Waals surface area contributed by atoms with E-state index in [0.29, 0.717) is 34.6 Å². The fourth-order valence-corrected chi connectivity index (χ4v) is 5.19. The van der Waals surface area contributed by atoms with Gasteiger partial charge in [0.05, 0.1) is 16.8 Å². The molecule has 0 radical (unpaired) electrons. The van der Waals surface area contributed by atoms with Crippen LogP contribution in [0.1, 0.15) is 32.0 Å². The first-order chi connectivity index (χ1) is 18.1. The van der Waals surface area contributed by atoms with E-state index in [-0.39, 0.29) is 30.7 Å². The summed E-state index contributed by atoms with van der Waals surface area (Å²) in [4.78, 5) is 48.8. The molecule has 11 heteroatoms. The quantitative estimate of drug-likeness (QED) is 0.275. The lowest BCUT2D eigenvalue weighted by Gasteiger charge is -2.18. The minimum atomic E-state index is -0.427. The number of fused-ring (bicyclic) bond motifs is 3. The molecule has 1 aliphatic heterocycles. The fourth-order valence-electron chi connectivity index (χ4n) is 4.23. The van der Waals surface area contributed by atoms with Crippen molar-refractivity contribution in [3.05, 3.63) is 82.8 Å². The Morgan fingerprint density at radius 2 is 1.92 bits per heavy atom. The van der Waals surface area contributed by atoms with Gasteiger partial charge in [-0.2, -0.15) is 0 Å². The number of nitrogens with zero attached hydrogens (tertiary/aromatic N) is 2. The summed E-state index contributed by atoms with van der Waals surface area (Å²) in [6.45, 7) is 0.560. The predicted molar refractivity (Wildman–Crippen MR) is 139 cm³/mol. The molecule has 0 atom stereocenters. The molecule has 0 saturated carbocycles. The maximum absolute atomic E-state index is 13.0. The van der Waals surface area contributed by atoms with Crippen LogP contribution in [0.4, 0.5) is 5.69 Å². The lowest BCUT2D eigenvalue weighted by molar-refractivity contribution is -0.118. The number of benzene rings is 2. The molecule has 0 spiro atoms. The number of carbonyl (C=O) groups is 3. The Kier molecular flexibility index (Phi) is 5.73. The van der Waals surface area contributed by atoms with Gasteiger partial charge in [-0.1, -0.05) is 24.3 Å². The summed E-state index contributed by atoms with van der Waals surface area (Å²) in [5.41, 5.74) is 3.56. The van der Waals surface area contributed by atoms with Crippen molar-refractivity contribution in [2.75, 3.05) is 11.9 Å². The summed E-state index contributed by atoms with van der Waals surface area (Å²) in [5.74, 6) is -0.377. The standard InChI is InChI=1S/C26H20N6O4S/c33-21-11-36-19-6-5-14(7-18(19)32-21)8-28-26(35)24-23-22(30-13-31-24)17(10-27-23)25(34)29-9-15-12-37-20-4-2-1-3-16(15)20/h1-7,10,12-13,27H,8-9,11H2,(H,28,35)(H,29,34)(H,32,33). The lowest BCUT2D eigenvalue weighted by atomic mass is 10.1. The number of thiophene rings is 1. The molecule has 0 fully saturated rings. The van der Waals surface area contributed by atoms with Crippen molar-refractivity contribution in [3.8, 4) is 5.75 Å². The fraction of sp³-hybridized carbons (Fsp3) is 0.115. The number of hydrogen-bond donors (Lipinski definition) is 4. The highest BCUT2D eigenvalue weighted by molar-refractivity contribution is 7.17. The monoisotopic (exact) mass is 512 g/mol. The van der Waals surface area contributed by atoms with Crippen molar-refractivity contribution < 1.29 is 19.1 Å². The number of anilines is 1. The van der Waals surface area contributed by atoms with Gasteiger partial charge in [0.25, 0.3) is 17.7 Å². The van der Waals surface area contributed by atoms with Crippen LogP contribution in [0.2, 0.25) is 0 Å². The lowest BCUT2D eigenvalue weighted by Crippen LogP contribution is -2.26. The first-order valence-corrected chi connectivity index (χ1v) is 12.3. The number of ether oxygens (including phenoxy) is 1. The van der Waals surface area contributed by atoms with Crippen molar-refractivity contribution in [1.29, 1.82) is 0 Å². The molecule has 3 aromatic heterocycles. The maximum atomic E-state index is 13.0. The molecule has 2 aromatic carbocycles. The third-order valence-corrected chi connectivity index (χ3v) is 7.07. The number of carbonyl (C=O) groups excluding carboxylic acids is 3. The van der Waals surface area contributed by atoms with Gasteiger partial charge in [0.1, 0.15) is 17.6 Å². The molecule has 5 aromatic rings. The molecule has 184 valence electrons.